The van der Waals surface area contributed by atoms with Gasteiger partial charge in [-0.25, -0.2) is 0 Å². The Bertz CT molecular complexity index is 1240. The molecule has 0 aromatic heterocycles. The number of rotatable bonds is 4. The first-order valence-electron chi connectivity index (χ1n) is 11.6. The first-order valence-corrected chi connectivity index (χ1v) is 11.6. The van der Waals surface area contributed by atoms with E-state index in [0.29, 0.717) is 0 Å². The van der Waals surface area contributed by atoms with Crippen LogP contribution in [0.5, 0.6) is 0 Å². The molecule has 0 bridgehead atoms. The third kappa shape index (κ3) is 4.11. The minimum absolute atomic E-state index is 0. The number of benzene rings is 4. The maximum atomic E-state index is 12.9. The molecule has 33 heavy (non-hydrogen) atoms. The number of hydrogen-bond donors (Lipinski definition) is 1. The summed E-state index contributed by atoms with van der Waals surface area (Å²) in [6.07, 6.45) is 1.92. The summed E-state index contributed by atoms with van der Waals surface area (Å²) in [5.74, 6) is 0.0330. The first-order chi connectivity index (χ1) is 15.4. The standard InChI is InChI=1S/C30H32NO.HI/c1-31(2,3)29(24-14-5-4-6-15-24)28-21-20-23-13-8-10-18-26(23)30(28,32)27-19-11-16-22-12-7-9-17-25(22)27;/h4-19,28-29,32H,20-21H2,1-3H3;1H/q+1;/p-1/t28-,29-,30-;/m0./s1. The van der Waals surface area contributed by atoms with E-state index in [4.69, 9.17) is 0 Å². The zero-order valence-electron chi connectivity index (χ0n) is 19.6. The van der Waals surface area contributed by atoms with Crippen molar-refractivity contribution in [2.75, 3.05) is 21.1 Å². The molecule has 4 aromatic rings. The molecule has 170 valence electrons. The van der Waals surface area contributed by atoms with Crippen LogP contribution in [0.3, 0.4) is 0 Å². The van der Waals surface area contributed by atoms with Crippen molar-refractivity contribution >= 4 is 10.8 Å². The monoisotopic (exact) mass is 549 g/mol. The lowest BCUT2D eigenvalue weighted by Crippen LogP contribution is -3.00. The van der Waals surface area contributed by atoms with Crippen molar-refractivity contribution in [3.05, 3.63) is 119 Å². The van der Waals surface area contributed by atoms with Gasteiger partial charge in [0.25, 0.3) is 0 Å². The molecule has 3 atom stereocenters. The van der Waals surface area contributed by atoms with Gasteiger partial charge in [-0.05, 0) is 40.3 Å². The van der Waals surface area contributed by atoms with Crippen LogP contribution in [0.2, 0.25) is 0 Å². The number of aliphatic hydroxyl groups is 1. The lowest BCUT2D eigenvalue weighted by molar-refractivity contribution is -0.908. The van der Waals surface area contributed by atoms with Gasteiger partial charge in [0.2, 0.25) is 0 Å². The fraction of sp³-hybridized carbons (Fsp3) is 0.267. The third-order valence-corrected chi connectivity index (χ3v) is 7.25. The highest BCUT2D eigenvalue weighted by Crippen LogP contribution is 2.53. The van der Waals surface area contributed by atoms with Crippen LogP contribution in [0, 0.1) is 5.92 Å². The van der Waals surface area contributed by atoms with Crippen LogP contribution in [0.4, 0.5) is 0 Å². The van der Waals surface area contributed by atoms with Gasteiger partial charge in [0.05, 0.1) is 27.1 Å². The van der Waals surface area contributed by atoms with Crippen LogP contribution in [-0.4, -0.2) is 30.7 Å². The molecular formula is C30H32INO. The molecule has 0 heterocycles. The molecule has 1 aliphatic carbocycles. The van der Waals surface area contributed by atoms with Gasteiger partial charge in [-0.2, -0.15) is 0 Å². The van der Waals surface area contributed by atoms with Crippen LogP contribution in [-0.2, 0) is 12.0 Å². The Labute approximate surface area is 214 Å². The van der Waals surface area contributed by atoms with Gasteiger partial charge in [-0.15, -0.1) is 0 Å². The van der Waals surface area contributed by atoms with Crippen LogP contribution >= 0.6 is 0 Å². The summed E-state index contributed by atoms with van der Waals surface area (Å²) < 4.78 is 0.754. The highest BCUT2D eigenvalue weighted by molar-refractivity contribution is 5.87. The van der Waals surface area contributed by atoms with Crippen molar-refractivity contribution in [2.45, 2.75) is 24.5 Å². The number of fused-ring (bicyclic) bond motifs is 2. The molecule has 1 aliphatic rings. The van der Waals surface area contributed by atoms with E-state index < -0.39 is 5.60 Å². The summed E-state index contributed by atoms with van der Waals surface area (Å²) in [5, 5.41) is 15.2. The van der Waals surface area contributed by atoms with Crippen LogP contribution < -0.4 is 24.0 Å². The minimum atomic E-state index is -1.08. The van der Waals surface area contributed by atoms with Crippen LogP contribution in [0.1, 0.15) is 34.7 Å². The van der Waals surface area contributed by atoms with Crippen molar-refractivity contribution in [2.24, 2.45) is 5.92 Å². The van der Waals surface area contributed by atoms with E-state index in [2.05, 4.69) is 118 Å². The Balaban J connectivity index is 0.00000259. The van der Waals surface area contributed by atoms with E-state index in [-0.39, 0.29) is 35.9 Å². The topological polar surface area (TPSA) is 20.2 Å². The zero-order valence-corrected chi connectivity index (χ0v) is 21.7. The van der Waals surface area contributed by atoms with Crippen molar-refractivity contribution in [1.29, 1.82) is 0 Å². The Hall–Kier alpha value is -2.21. The lowest BCUT2D eigenvalue weighted by Gasteiger charge is -2.49. The minimum Gasteiger partial charge on any atom is -1.00 e. The number of aryl methyl sites for hydroxylation is 1. The molecule has 0 amide bonds. The van der Waals surface area contributed by atoms with E-state index in [0.717, 1.165) is 33.8 Å². The smallest absolute Gasteiger partial charge is 0.124 e. The van der Waals surface area contributed by atoms with Gasteiger partial charge in [-0.1, -0.05) is 97.1 Å². The molecule has 5 rings (SSSR count). The molecule has 3 heteroatoms. The summed E-state index contributed by atoms with van der Waals surface area (Å²) in [6.45, 7) is 0. The fourth-order valence-electron chi connectivity index (χ4n) is 5.99. The SMILES string of the molecule is C[N+](C)(C)[C@@H](c1ccccc1)[C@@H]1CCc2ccccc2[C@]1(O)c1cccc2ccccc12.[I-]. The van der Waals surface area contributed by atoms with Crippen molar-refractivity contribution in [3.63, 3.8) is 0 Å². The Morgan fingerprint density at radius 1 is 0.758 bits per heavy atom. The average molecular weight is 549 g/mol. The van der Waals surface area contributed by atoms with Gasteiger partial charge in [0.1, 0.15) is 11.6 Å². The number of nitrogens with zero attached hydrogens (tertiary/aromatic N) is 1. The van der Waals surface area contributed by atoms with E-state index >= 15 is 0 Å². The first kappa shape index (κ1) is 23.9. The molecule has 0 saturated carbocycles. The highest BCUT2D eigenvalue weighted by Gasteiger charge is 2.52. The second-order valence-electron chi connectivity index (χ2n) is 10.1. The molecule has 0 aliphatic heterocycles. The molecule has 0 fully saturated rings. The second kappa shape index (κ2) is 9.21. The largest absolute Gasteiger partial charge is 1.00 e. The molecule has 0 spiro atoms. The van der Waals surface area contributed by atoms with Gasteiger partial charge in [-0.3, -0.25) is 0 Å². The molecule has 0 radical (unpaired) electrons. The summed E-state index contributed by atoms with van der Waals surface area (Å²) in [5.41, 5.74) is 3.53. The predicted molar refractivity (Wildman–Crippen MR) is 132 cm³/mol. The quantitative estimate of drug-likeness (QED) is 0.307. The molecule has 1 N–H and O–H groups in total. The summed E-state index contributed by atoms with van der Waals surface area (Å²) in [7, 11) is 6.76. The van der Waals surface area contributed by atoms with Crippen molar-refractivity contribution in [1.82, 2.24) is 0 Å². The maximum absolute atomic E-state index is 12.9. The maximum Gasteiger partial charge on any atom is 0.124 e. The fourth-order valence-corrected chi connectivity index (χ4v) is 5.99. The molecule has 2 nitrogen and oxygen atoms in total. The normalized spacial score (nSPS) is 21.2. The van der Waals surface area contributed by atoms with Crippen LogP contribution in [0.25, 0.3) is 10.8 Å². The molecule has 4 aromatic carbocycles. The molecular weight excluding hydrogens is 517 g/mol. The number of quaternary nitrogens is 1. The number of hydrogen-bond acceptors (Lipinski definition) is 1. The average Bonchev–Trinajstić information content (AvgIpc) is 2.80. The second-order valence-corrected chi connectivity index (χ2v) is 10.1. The van der Waals surface area contributed by atoms with Gasteiger partial charge >= 0.3 is 0 Å². The molecule has 0 saturated heterocycles. The van der Waals surface area contributed by atoms with E-state index in [1.165, 1.54) is 16.5 Å². The summed E-state index contributed by atoms with van der Waals surface area (Å²) in [6, 6.07) is 34.2. The van der Waals surface area contributed by atoms with E-state index in [1.807, 2.05) is 0 Å². The number of halogens is 1. The predicted octanol–water partition coefficient (Wildman–Crippen LogP) is 3.09. The highest BCUT2D eigenvalue weighted by atomic mass is 127. The van der Waals surface area contributed by atoms with Crippen molar-refractivity contribution < 1.29 is 33.6 Å². The Morgan fingerprint density at radius 2 is 1.36 bits per heavy atom. The van der Waals surface area contributed by atoms with E-state index in [1.54, 1.807) is 0 Å². The Kier molecular flexibility index (Phi) is 6.68. The van der Waals surface area contributed by atoms with Gasteiger partial charge in [0.15, 0.2) is 0 Å². The van der Waals surface area contributed by atoms with Crippen LogP contribution in [0.15, 0.2) is 97.1 Å². The summed E-state index contributed by atoms with van der Waals surface area (Å²) >= 11 is 0. The Morgan fingerprint density at radius 3 is 2.12 bits per heavy atom. The summed E-state index contributed by atoms with van der Waals surface area (Å²) in [4.78, 5) is 0. The van der Waals surface area contributed by atoms with Crippen molar-refractivity contribution in [3.8, 4) is 0 Å². The van der Waals surface area contributed by atoms with Gasteiger partial charge < -0.3 is 33.6 Å². The molecule has 0 unspecified atom stereocenters. The third-order valence-electron chi connectivity index (χ3n) is 7.25. The van der Waals surface area contributed by atoms with Gasteiger partial charge in [0, 0.05) is 5.56 Å². The van der Waals surface area contributed by atoms with E-state index in [9.17, 15) is 5.11 Å². The zero-order chi connectivity index (χ0) is 22.3. The lowest BCUT2D eigenvalue weighted by atomic mass is 9.63.